The number of halogens is 1. The van der Waals surface area contributed by atoms with E-state index in [0.29, 0.717) is 18.5 Å². The van der Waals surface area contributed by atoms with E-state index in [1.165, 1.54) is 25.3 Å². The summed E-state index contributed by atoms with van der Waals surface area (Å²) in [5.74, 6) is 0.431. The van der Waals surface area contributed by atoms with Crippen LogP contribution in [-0.4, -0.2) is 43.0 Å². The van der Waals surface area contributed by atoms with Crippen LogP contribution in [0.2, 0.25) is 0 Å². The largest absolute Gasteiger partial charge is 0.352 e. The summed E-state index contributed by atoms with van der Waals surface area (Å²) >= 11 is 0. The van der Waals surface area contributed by atoms with Gasteiger partial charge in [0.2, 0.25) is 5.91 Å². The lowest BCUT2D eigenvalue weighted by Crippen LogP contribution is -2.51. The highest BCUT2D eigenvalue weighted by molar-refractivity contribution is 5.78. The van der Waals surface area contributed by atoms with E-state index in [-0.39, 0.29) is 17.8 Å². The van der Waals surface area contributed by atoms with Crippen LogP contribution in [0.25, 0.3) is 0 Å². The Morgan fingerprint density at radius 1 is 1.38 bits per heavy atom. The van der Waals surface area contributed by atoms with Gasteiger partial charge in [-0.15, -0.1) is 0 Å². The van der Waals surface area contributed by atoms with Crippen LogP contribution >= 0.6 is 0 Å². The van der Waals surface area contributed by atoms with Crippen molar-refractivity contribution in [3.05, 3.63) is 35.6 Å². The zero-order valence-electron chi connectivity index (χ0n) is 14.4. The zero-order chi connectivity index (χ0) is 16.9. The van der Waals surface area contributed by atoms with E-state index >= 15 is 0 Å². The fourth-order valence-electron chi connectivity index (χ4n) is 3.95. The third kappa shape index (κ3) is 4.33. The van der Waals surface area contributed by atoms with Gasteiger partial charge in [-0.2, -0.15) is 0 Å². The van der Waals surface area contributed by atoms with Gasteiger partial charge in [0.05, 0.1) is 6.54 Å². The van der Waals surface area contributed by atoms with E-state index in [1.54, 1.807) is 12.1 Å². The number of piperazine rings is 1. The molecule has 1 saturated carbocycles. The third-order valence-electron chi connectivity index (χ3n) is 5.39. The van der Waals surface area contributed by atoms with Gasteiger partial charge in [0, 0.05) is 31.7 Å². The normalized spacial score (nSPS) is 28.5. The lowest BCUT2D eigenvalue weighted by Gasteiger charge is -2.37. The molecule has 0 bridgehead atoms. The molecule has 0 radical (unpaired) electrons. The Bertz CT molecular complexity index is 565. The van der Waals surface area contributed by atoms with E-state index in [0.717, 1.165) is 31.6 Å². The standard InChI is InChI=1S/C19H28FN3O/c1-14-5-2-3-8-17(14)22-19(24)13-23-10-9-21-12-18(23)15-6-4-7-16(20)11-15/h4,6-7,11,14,17-18,21H,2-3,5,8-10,12-13H2,1H3,(H,22,24). The Morgan fingerprint density at radius 3 is 3.00 bits per heavy atom. The molecule has 1 heterocycles. The highest BCUT2D eigenvalue weighted by Gasteiger charge is 2.28. The number of benzene rings is 1. The van der Waals surface area contributed by atoms with Gasteiger partial charge >= 0.3 is 0 Å². The SMILES string of the molecule is CC1CCCCC1NC(=O)CN1CCNCC1c1cccc(F)c1. The maximum atomic E-state index is 13.5. The molecule has 2 aliphatic rings. The Kier molecular flexibility index (Phi) is 5.85. The van der Waals surface area contributed by atoms with Gasteiger partial charge in [0.25, 0.3) is 0 Å². The summed E-state index contributed by atoms with van der Waals surface area (Å²) in [4.78, 5) is 14.7. The topological polar surface area (TPSA) is 44.4 Å². The maximum Gasteiger partial charge on any atom is 0.234 e. The van der Waals surface area contributed by atoms with Crippen LogP contribution in [0.15, 0.2) is 24.3 Å². The van der Waals surface area contributed by atoms with Crippen molar-refractivity contribution in [3.63, 3.8) is 0 Å². The monoisotopic (exact) mass is 333 g/mol. The summed E-state index contributed by atoms with van der Waals surface area (Å²) in [5.41, 5.74) is 0.932. The van der Waals surface area contributed by atoms with Crippen LogP contribution in [0.3, 0.4) is 0 Å². The lowest BCUT2D eigenvalue weighted by molar-refractivity contribution is -0.124. The number of rotatable bonds is 4. The molecule has 5 heteroatoms. The van der Waals surface area contributed by atoms with Crippen LogP contribution in [0, 0.1) is 11.7 Å². The number of carbonyl (C=O) groups is 1. The van der Waals surface area contributed by atoms with Gasteiger partial charge in [0.1, 0.15) is 5.82 Å². The molecule has 3 rings (SSSR count). The van der Waals surface area contributed by atoms with Crippen molar-refractivity contribution in [2.75, 3.05) is 26.2 Å². The molecular weight excluding hydrogens is 305 g/mol. The molecule has 2 fully saturated rings. The van der Waals surface area contributed by atoms with Gasteiger partial charge in [0.15, 0.2) is 0 Å². The summed E-state index contributed by atoms with van der Waals surface area (Å²) < 4.78 is 13.5. The maximum absolute atomic E-state index is 13.5. The van der Waals surface area contributed by atoms with Crippen LogP contribution in [0.5, 0.6) is 0 Å². The quantitative estimate of drug-likeness (QED) is 0.890. The van der Waals surface area contributed by atoms with Gasteiger partial charge < -0.3 is 10.6 Å². The van der Waals surface area contributed by atoms with Crippen molar-refractivity contribution < 1.29 is 9.18 Å². The predicted molar refractivity (Wildman–Crippen MR) is 93.1 cm³/mol. The molecule has 1 aliphatic heterocycles. The van der Waals surface area contributed by atoms with E-state index in [9.17, 15) is 9.18 Å². The van der Waals surface area contributed by atoms with Crippen molar-refractivity contribution in [2.45, 2.75) is 44.7 Å². The molecule has 0 aromatic heterocycles. The second-order valence-electron chi connectivity index (χ2n) is 7.18. The van der Waals surface area contributed by atoms with Crippen LogP contribution < -0.4 is 10.6 Å². The molecule has 1 aromatic rings. The summed E-state index contributed by atoms with van der Waals surface area (Å²) in [6, 6.07) is 7.06. The van der Waals surface area contributed by atoms with E-state index in [1.807, 2.05) is 6.07 Å². The van der Waals surface area contributed by atoms with E-state index in [4.69, 9.17) is 0 Å². The molecule has 2 N–H and O–H groups in total. The molecule has 1 aliphatic carbocycles. The number of amides is 1. The first-order chi connectivity index (χ1) is 11.6. The van der Waals surface area contributed by atoms with Crippen LogP contribution in [0.1, 0.15) is 44.2 Å². The summed E-state index contributed by atoms with van der Waals surface area (Å²) in [6.45, 7) is 5.01. The average Bonchev–Trinajstić information content (AvgIpc) is 2.57. The van der Waals surface area contributed by atoms with Crippen LogP contribution in [-0.2, 0) is 4.79 Å². The zero-order valence-corrected chi connectivity index (χ0v) is 14.4. The molecule has 1 aromatic carbocycles. The number of hydrogen-bond donors (Lipinski definition) is 2. The molecule has 3 unspecified atom stereocenters. The number of nitrogens with zero attached hydrogens (tertiary/aromatic N) is 1. The minimum Gasteiger partial charge on any atom is -0.352 e. The molecule has 4 nitrogen and oxygen atoms in total. The predicted octanol–water partition coefficient (Wildman–Crippen LogP) is 2.47. The number of carbonyl (C=O) groups excluding carboxylic acids is 1. The molecule has 3 atom stereocenters. The Balaban J connectivity index is 1.62. The van der Waals surface area contributed by atoms with Crippen LogP contribution in [0.4, 0.5) is 4.39 Å². The van der Waals surface area contributed by atoms with Crippen molar-refractivity contribution in [1.82, 2.24) is 15.5 Å². The lowest BCUT2D eigenvalue weighted by atomic mass is 9.86. The molecule has 1 saturated heterocycles. The molecule has 24 heavy (non-hydrogen) atoms. The molecular formula is C19H28FN3O. The summed E-state index contributed by atoms with van der Waals surface area (Å²) in [6.07, 6.45) is 4.76. The first-order valence-electron chi connectivity index (χ1n) is 9.13. The van der Waals surface area contributed by atoms with E-state index < -0.39 is 0 Å². The Hall–Kier alpha value is -1.46. The fraction of sp³-hybridized carbons (Fsp3) is 0.632. The highest BCUT2D eigenvalue weighted by Crippen LogP contribution is 2.25. The number of nitrogens with one attached hydrogen (secondary N) is 2. The van der Waals surface area contributed by atoms with Gasteiger partial charge in [-0.1, -0.05) is 31.9 Å². The average molecular weight is 333 g/mol. The molecule has 1 amide bonds. The summed E-state index contributed by atoms with van der Waals surface area (Å²) in [5, 5.41) is 6.57. The molecule has 0 spiro atoms. The number of hydrogen-bond acceptors (Lipinski definition) is 3. The molecule has 132 valence electrons. The van der Waals surface area contributed by atoms with Crippen molar-refractivity contribution >= 4 is 5.91 Å². The first kappa shape index (κ1) is 17.4. The Morgan fingerprint density at radius 2 is 2.21 bits per heavy atom. The second-order valence-corrected chi connectivity index (χ2v) is 7.18. The fourth-order valence-corrected chi connectivity index (χ4v) is 3.95. The minimum absolute atomic E-state index is 0.0454. The third-order valence-corrected chi connectivity index (χ3v) is 5.39. The van der Waals surface area contributed by atoms with Gasteiger partial charge in [-0.3, -0.25) is 9.69 Å². The smallest absolute Gasteiger partial charge is 0.234 e. The van der Waals surface area contributed by atoms with Crippen molar-refractivity contribution in [1.29, 1.82) is 0 Å². The first-order valence-corrected chi connectivity index (χ1v) is 9.13. The summed E-state index contributed by atoms with van der Waals surface area (Å²) in [7, 11) is 0. The second kappa shape index (κ2) is 8.08. The van der Waals surface area contributed by atoms with Gasteiger partial charge in [-0.25, -0.2) is 4.39 Å². The van der Waals surface area contributed by atoms with Gasteiger partial charge in [-0.05, 0) is 36.5 Å². The van der Waals surface area contributed by atoms with Crippen molar-refractivity contribution in [3.8, 4) is 0 Å². The minimum atomic E-state index is -0.224. The highest BCUT2D eigenvalue weighted by atomic mass is 19.1. The Labute approximate surface area is 143 Å². The van der Waals surface area contributed by atoms with Crippen molar-refractivity contribution in [2.24, 2.45) is 5.92 Å². The van der Waals surface area contributed by atoms with E-state index in [2.05, 4.69) is 22.5 Å².